The molecule has 0 fully saturated rings. The zero-order chi connectivity index (χ0) is 15.1. The first kappa shape index (κ1) is 16.0. The van der Waals surface area contributed by atoms with Gasteiger partial charge in [-0.2, -0.15) is 4.39 Å². The number of ether oxygens (including phenoxy) is 2. The van der Waals surface area contributed by atoms with Crippen LogP contribution in [-0.4, -0.2) is 30.7 Å². The highest BCUT2D eigenvalue weighted by Gasteiger charge is 2.17. The lowest BCUT2D eigenvalue weighted by Crippen LogP contribution is -2.13. The number of esters is 1. The van der Waals surface area contributed by atoms with Crippen LogP contribution >= 0.6 is 0 Å². The van der Waals surface area contributed by atoms with Crippen LogP contribution in [0, 0.1) is 21.8 Å². The average molecular weight is 285 g/mol. The lowest BCUT2D eigenvalue weighted by Gasteiger charge is -2.07. The molecule has 1 aromatic carbocycles. The van der Waals surface area contributed by atoms with Crippen LogP contribution in [0.2, 0.25) is 0 Å². The summed E-state index contributed by atoms with van der Waals surface area (Å²) in [5.41, 5.74) is -0.751. The molecule has 0 radical (unpaired) electrons. The Morgan fingerprint density at radius 2 is 2.10 bits per heavy atom. The second-order valence-corrected chi connectivity index (χ2v) is 4.53. The van der Waals surface area contributed by atoms with Crippen molar-refractivity contribution in [3.05, 3.63) is 39.7 Å². The molecule has 1 rings (SSSR count). The van der Waals surface area contributed by atoms with Gasteiger partial charge in [-0.3, -0.25) is 10.1 Å². The highest BCUT2D eigenvalue weighted by molar-refractivity contribution is 5.89. The number of carbonyl (C=O) groups is 1. The molecule has 0 aliphatic rings. The molecule has 0 atom stereocenters. The molecule has 0 N–H and O–H groups in total. The fraction of sp³-hybridized carbons (Fsp3) is 0.462. The van der Waals surface area contributed by atoms with Gasteiger partial charge in [0.1, 0.15) is 6.61 Å². The van der Waals surface area contributed by atoms with Crippen LogP contribution in [0.4, 0.5) is 10.1 Å². The third kappa shape index (κ3) is 4.93. The zero-order valence-electron chi connectivity index (χ0n) is 11.3. The molecule has 0 saturated heterocycles. The highest BCUT2D eigenvalue weighted by Crippen LogP contribution is 2.18. The number of hydrogen-bond donors (Lipinski definition) is 0. The fourth-order valence-corrected chi connectivity index (χ4v) is 1.38. The van der Waals surface area contributed by atoms with Gasteiger partial charge >= 0.3 is 11.7 Å². The number of halogens is 1. The van der Waals surface area contributed by atoms with Crippen LogP contribution in [0.25, 0.3) is 0 Å². The second kappa shape index (κ2) is 7.54. The van der Waals surface area contributed by atoms with Gasteiger partial charge in [-0.15, -0.1) is 0 Å². The second-order valence-electron chi connectivity index (χ2n) is 4.53. The Bertz CT molecular complexity index is 490. The Morgan fingerprint density at radius 3 is 2.65 bits per heavy atom. The minimum absolute atomic E-state index is 0.0458. The summed E-state index contributed by atoms with van der Waals surface area (Å²) < 4.78 is 23.4. The summed E-state index contributed by atoms with van der Waals surface area (Å²) in [6.07, 6.45) is 0. The van der Waals surface area contributed by atoms with E-state index in [2.05, 4.69) is 0 Å². The van der Waals surface area contributed by atoms with Crippen LogP contribution in [0.15, 0.2) is 18.2 Å². The van der Waals surface area contributed by atoms with Crippen molar-refractivity contribution in [2.24, 2.45) is 5.92 Å². The van der Waals surface area contributed by atoms with E-state index in [1.54, 1.807) is 0 Å². The third-order valence-electron chi connectivity index (χ3n) is 2.29. The molecule has 0 aliphatic heterocycles. The quantitative estimate of drug-likeness (QED) is 0.333. The SMILES string of the molecule is CC(C)COCCOC(=O)c1ccc([N+](=O)[O-])c(F)c1. The van der Waals surface area contributed by atoms with Gasteiger partial charge in [0, 0.05) is 12.7 Å². The maximum absolute atomic E-state index is 13.3. The summed E-state index contributed by atoms with van der Waals surface area (Å²) in [6, 6.07) is 2.87. The number of nitro groups is 1. The summed E-state index contributed by atoms with van der Waals surface area (Å²) in [4.78, 5) is 21.1. The predicted molar refractivity (Wildman–Crippen MR) is 69.0 cm³/mol. The first-order chi connectivity index (χ1) is 9.41. The number of benzene rings is 1. The summed E-state index contributed by atoms with van der Waals surface area (Å²) in [5.74, 6) is -1.43. The Kier molecular flexibility index (Phi) is 6.05. The van der Waals surface area contributed by atoms with Gasteiger partial charge in [-0.1, -0.05) is 13.8 Å². The summed E-state index contributed by atoms with van der Waals surface area (Å²) in [7, 11) is 0. The number of hydrogen-bond acceptors (Lipinski definition) is 5. The lowest BCUT2D eigenvalue weighted by atomic mass is 10.2. The maximum atomic E-state index is 13.3. The van der Waals surface area contributed by atoms with Crippen molar-refractivity contribution in [1.82, 2.24) is 0 Å². The molecule has 1 aromatic rings. The largest absolute Gasteiger partial charge is 0.460 e. The molecule has 0 aliphatic carbocycles. The Morgan fingerprint density at radius 1 is 1.40 bits per heavy atom. The number of nitro benzene ring substituents is 1. The van der Waals surface area contributed by atoms with E-state index in [4.69, 9.17) is 9.47 Å². The molecule has 0 aromatic heterocycles. The summed E-state index contributed by atoms with van der Waals surface area (Å²) in [6.45, 7) is 4.84. The molecule has 110 valence electrons. The van der Waals surface area contributed by atoms with E-state index in [1.165, 1.54) is 0 Å². The van der Waals surface area contributed by atoms with Gasteiger partial charge in [-0.25, -0.2) is 4.79 Å². The van der Waals surface area contributed by atoms with E-state index < -0.39 is 22.4 Å². The van der Waals surface area contributed by atoms with Crippen molar-refractivity contribution in [3.63, 3.8) is 0 Å². The maximum Gasteiger partial charge on any atom is 0.338 e. The number of carbonyl (C=O) groups excluding carboxylic acids is 1. The molecule has 0 saturated carbocycles. The summed E-state index contributed by atoms with van der Waals surface area (Å²) in [5, 5.41) is 10.4. The minimum Gasteiger partial charge on any atom is -0.460 e. The first-order valence-electron chi connectivity index (χ1n) is 6.10. The standard InChI is InChI=1S/C13H16FNO5/c1-9(2)8-19-5-6-20-13(16)10-3-4-12(15(17)18)11(14)7-10/h3-4,7,9H,5-6,8H2,1-2H3. The zero-order valence-corrected chi connectivity index (χ0v) is 11.3. The number of nitrogens with zero attached hydrogens (tertiary/aromatic N) is 1. The molecule has 0 spiro atoms. The molecule has 7 heteroatoms. The molecule has 6 nitrogen and oxygen atoms in total. The fourth-order valence-electron chi connectivity index (χ4n) is 1.38. The van der Waals surface area contributed by atoms with Crippen molar-refractivity contribution in [3.8, 4) is 0 Å². The van der Waals surface area contributed by atoms with Crippen LogP contribution in [-0.2, 0) is 9.47 Å². The monoisotopic (exact) mass is 285 g/mol. The molecular formula is C13H16FNO5. The predicted octanol–water partition coefficient (Wildman–Crippen LogP) is 2.56. The van der Waals surface area contributed by atoms with Crippen LogP contribution in [0.1, 0.15) is 24.2 Å². The Balaban J connectivity index is 2.48. The van der Waals surface area contributed by atoms with Gasteiger partial charge in [0.2, 0.25) is 5.82 Å². The van der Waals surface area contributed by atoms with Crippen molar-refractivity contribution < 1.29 is 23.6 Å². The van der Waals surface area contributed by atoms with E-state index in [-0.39, 0.29) is 18.8 Å². The van der Waals surface area contributed by atoms with Gasteiger partial charge in [0.05, 0.1) is 17.1 Å². The third-order valence-corrected chi connectivity index (χ3v) is 2.29. The van der Waals surface area contributed by atoms with Crippen molar-refractivity contribution in [2.45, 2.75) is 13.8 Å². The van der Waals surface area contributed by atoms with Gasteiger partial charge < -0.3 is 9.47 Å². The average Bonchev–Trinajstić information content (AvgIpc) is 2.37. The smallest absolute Gasteiger partial charge is 0.338 e. The molecule has 0 amide bonds. The van der Waals surface area contributed by atoms with Crippen molar-refractivity contribution in [2.75, 3.05) is 19.8 Å². The topological polar surface area (TPSA) is 78.7 Å². The van der Waals surface area contributed by atoms with E-state index in [0.29, 0.717) is 12.5 Å². The van der Waals surface area contributed by atoms with Crippen molar-refractivity contribution in [1.29, 1.82) is 0 Å². The van der Waals surface area contributed by atoms with E-state index in [9.17, 15) is 19.3 Å². The highest BCUT2D eigenvalue weighted by atomic mass is 19.1. The van der Waals surface area contributed by atoms with Crippen LogP contribution < -0.4 is 0 Å². The van der Waals surface area contributed by atoms with Gasteiger partial charge in [-0.05, 0) is 18.1 Å². The molecular weight excluding hydrogens is 269 g/mol. The van der Waals surface area contributed by atoms with E-state index in [0.717, 1.165) is 18.2 Å². The van der Waals surface area contributed by atoms with Gasteiger partial charge in [0.25, 0.3) is 0 Å². The Hall–Kier alpha value is -2.02. The molecule has 0 bridgehead atoms. The number of rotatable bonds is 7. The normalized spacial score (nSPS) is 10.6. The van der Waals surface area contributed by atoms with E-state index in [1.807, 2.05) is 13.8 Å². The van der Waals surface area contributed by atoms with Crippen molar-refractivity contribution >= 4 is 11.7 Å². The molecule has 20 heavy (non-hydrogen) atoms. The van der Waals surface area contributed by atoms with Crippen LogP contribution in [0.3, 0.4) is 0 Å². The molecule has 0 heterocycles. The minimum atomic E-state index is -1.07. The van der Waals surface area contributed by atoms with E-state index >= 15 is 0 Å². The Labute approximate surface area is 115 Å². The lowest BCUT2D eigenvalue weighted by molar-refractivity contribution is -0.387. The molecule has 0 unspecified atom stereocenters. The van der Waals surface area contributed by atoms with Gasteiger partial charge in [0.15, 0.2) is 0 Å². The van der Waals surface area contributed by atoms with Crippen LogP contribution in [0.5, 0.6) is 0 Å². The summed E-state index contributed by atoms with van der Waals surface area (Å²) >= 11 is 0. The first-order valence-corrected chi connectivity index (χ1v) is 6.10.